The lowest BCUT2D eigenvalue weighted by Crippen LogP contribution is -2.50. The summed E-state index contributed by atoms with van der Waals surface area (Å²) in [5.41, 5.74) is 9.59. The van der Waals surface area contributed by atoms with Gasteiger partial charge in [0.15, 0.2) is 17.3 Å². The number of hydrogen-bond acceptors (Lipinski definition) is 9. The third-order valence-electron chi connectivity index (χ3n) is 9.18. The SMILES string of the molecule is C[C@H](Oc1ccnc(-c2noc3c2C2CC(C2)[C@@]32CCCc3sc(N)c(C#N)c32)n1)[C@@H]1CCCN1C. The number of thiophene rings is 1. The van der Waals surface area contributed by atoms with Crippen LogP contribution in [-0.2, 0) is 11.8 Å². The molecule has 1 aliphatic heterocycles. The fraction of sp³-hybridized carbons (Fsp3) is 0.556. The summed E-state index contributed by atoms with van der Waals surface area (Å²) in [5.74, 6) is 2.88. The van der Waals surface area contributed by atoms with Crippen molar-refractivity contribution >= 4 is 16.3 Å². The molecule has 3 aromatic rings. The van der Waals surface area contributed by atoms with Crippen molar-refractivity contribution in [2.75, 3.05) is 19.3 Å². The predicted molar refractivity (Wildman–Crippen MR) is 136 cm³/mol. The van der Waals surface area contributed by atoms with E-state index in [2.05, 4.69) is 35.1 Å². The van der Waals surface area contributed by atoms with Crippen LogP contribution in [0.15, 0.2) is 16.8 Å². The summed E-state index contributed by atoms with van der Waals surface area (Å²) in [6.45, 7) is 3.22. The number of nitriles is 1. The molecule has 2 bridgehead atoms. The van der Waals surface area contributed by atoms with Gasteiger partial charge in [0.25, 0.3) is 0 Å². The van der Waals surface area contributed by atoms with Crippen LogP contribution in [0.3, 0.4) is 0 Å². The van der Waals surface area contributed by atoms with Crippen molar-refractivity contribution in [2.45, 2.75) is 75.3 Å². The summed E-state index contributed by atoms with van der Waals surface area (Å²) in [7, 11) is 2.15. The smallest absolute Gasteiger partial charge is 0.217 e. The number of aryl methyl sites for hydroxylation is 1. The number of aromatic nitrogens is 3. The molecule has 1 saturated heterocycles. The van der Waals surface area contributed by atoms with Gasteiger partial charge in [0.05, 0.1) is 11.0 Å². The largest absolute Gasteiger partial charge is 0.473 e. The molecule has 1 spiro atoms. The van der Waals surface area contributed by atoms with Gasteiger partial charge in [-0.15, -0.1) is 11.3 Å². The van der Waals surface area contributed by atoms with Crippen LogP contribution < -0.4 is 10.5 Å². The zero-order valence-corrected chi connectivity index (χ0v) is 21.5. The third kappa shape index (κ3) is 2.97. The molecule has 4 heterocycles. The Morgan fingerprint density at radius 1 is 1.36 bits per heavy atom. The van der Waals surface area contributed by atoms with Crippen LogP contribution in [0.2, 0.25) is 0 Å². The van der Waals surface area contributed by atoms with E-state index in [1.807, 2.05) is 6.07 Å². The predicted octanol–water partition coefficient (Wildman–Crippen LogP) is 4.64. The van der Waals surface area contributed by atoms with E-state index in [0.29, 0.717) is 40.1 Å². The first kappa shape index (κ1) is 22.3. The van der Waals surface area contributed by atoms with Crippen LogP contribution in [-0.4, -0.2) is 45.8 Å². The standard InChI is InChI=1S/C27H30N6O2S/c1-14(18-5-4-10-33(18)2)34-20-7-9-30-26(31-20)23-21-15-11-16(12-15)27(24(21)35-32-23)8-3-6-19-22(27)17(13-28)25(29)36-19/h7,9,14-16,18H,3-6,8,10-12,29H2,1-2H3/t14-,15?,16?,18-,27+/m0/s1. The van der Waals surface area contributed by atoms with E-state index in [0.717, 1.165) is 67.7 Å². The Labute approximate surface area is 214 Å². The van der Waals surface area contributed by atoms with Gasteiger partial charge in [-0.25, -0.2) is 4.98 Å². The van der Waals surface area contributed by atoms with Crippen LogP contribution in [0.4, 0.5) is 5.00 Å². The van der Waals surface area contributed by atoms with Crippen LogP contribution in [0, 0.1) is 17.2 Å². The number of anilines is 1. The molecule has 186 valence electrons. The van der Waals surface area contributed by atoms with Gasteiger partial charge in [-0.05, 0) is 77.3 Å². The Hall–Kier alpha value is -2.96. The van der Waals surface area contributed by atoms with Crippen LogP contribution in [0.1, 0.15) is 78.7 Å². The number of likely N-dealkylation sites (tertiary alicyclic amines) is 1. The monoisotopic (exact) mass is 502 g/mol. The highest BCUT2D eigenvalue weighted by atomic mass is 32.1. The highest BCUT2D eigenvalue weighted by molar-refractivity contribution is 7.16. The van der Waals surface area contributed by atoms with Gasteiger partial charge >= 0.3 is 0 Å². The van der Waals surface area contributed by atoms with E-state index < -0.39 is 0 Å². The molecule has 0 aromatic carbocycles. The lowest BCUT2D eigenvalue weighted by Gasteiger charge is -2.54. The fourth-order valence-corrected chi connectivity index (χ4v) is 8.61. The first-order valence-electron chi connectivity index (χ1n) is 13.0. The van der Waals surface area contributed by atoms with Crippen molar-refractivity contribution in [3.63, 3.8) is 0 Å². The highest BCUT2D eigenvalue weighted by Crippen LogP contribution is 2.67. The molecular formula is C27H30N6O2S. The fourth-order valence-electron chi connectivity index (χ4n) is 7.46. The maximum Gasteiger partial charge on any atom is 0.217 e. The van der Waals surface area contributed by atoms with Gasteiger partial charge in [-0.3, -0.25) is 4.90 Å². The summed E-state index contributed by atoms with van der Waals surface area (Å²) in [4.78, 5) is 13.0. The molecule has 9 heteroatoms. The van der Waals surface area contributed by atoms with Crippen molar-refractivity contribution in [3.8, 4) is 23.5 Å². The normalized spacial score (nSPS) is 29.3. The zero-order chi connectivity index (χ0) is 24.6. The molecule has 36 heavy (non-hydrogen) atoms. The molecule has 4 aliphatic carbocycles. The molecule has 2 fully saturated rings. The molecule has 3 aromatic heterocycles. The Bertz CT molecular complexity index is 1390. The van der Waals surface area contributed by atoms with Crippen LogP contribution >= 0.6 is 11.3 Å². The van der Waals surface area contributed by atoms with Gasteiger partial charge in [-0.2, -0.15) is 10.2 Å². The number of rotatable bonds is 4. The van der Waals surface area contributed by atoms with E-state index in [-0.39, 0.29) is 11.5 Å². The quantitative estimate of drug-likeness (QED) is 0.549. The van der Waals surface area contributed by atoms with Crippen molar-refractivity contribution in [1.29, 1.82) is 5.26 Å². The molecule has 8 rings (SSSR count). The van der Waals surface area contributed by atoms with E-state index >= 15 is 0 Å². The average molecular weight is 503 g/mol. The second-order valence-corrected chi connectivity index (χ2v) is 12.1. The topological polar surface area (TPSA) is 114 Å². The summed E-state index contributed by atoms with van der Waals surface area (Å²) in [6.07, 6.45) is 9.25. The van der Waals surface area contributed by atoms with Crippen molar-refractivity contribution < 1.29 is 9.26 Å². The number of nitrogens with two attached hydrogens (primary N) is 1. The van der Waals surface area contributed by atoms with E-state index in [4.69, 9.17) is 20.0 Å². The van der Waals surface area contributed by atoms with Crippen molar-refractivity contribution in [1.82, 2.24) is 20.0 Å². The number of hydrogen-bond donors (Lipinski definition) is 1. The molecule has 2 N–H and O–H groups in total. The number of nitrogens with zero attached hydrogens (tertiary/aromatic N) is 5. The molecule has 3 atom stereocenters. The van der Waals surface area contributed by atoms with E-state index in [9.17, 15) is 5.26 Å². The van der Waals surface area contributed by atoms with Gasteiger partial charge in [-0.1, -0.05) is 5.16 Å². The molecule has 1 saturated carbocycles. The number of fused-ring (bicyclic) bond motifs is 1. The number of nitrogen functional groups attached to an aromatic ring is 1. The third-order valence-corrected chi connectivity index (χ3v) is 10.3. The first-order chi connectivity index (χ1) is 17.5. The van der Waals surface area contributed by atoms with Gasteiger partial charge in [0.2, 0.25) is 5.88 Å². The summed E-state index contributed by atoms with van der Waals surface area (Å²) >= 11 is 1.57. The highest BCUT2D eigenvalue weighted by Gasteiger charge is 2.61. The minimum Gasteiger partial charge on any atom is -0.473 e. The van der Waals surface area contributed by atoms with Gasteiger partial charge < -0.3 is 15.0 Å². The van der Waals surface area contributed by atoms with E-state index in [1.165, 1.54) is 11.3 Å². The molecule has 8 nitrogen and oxygen atoms in total. The number of likely N-dealkylation sites (N-methyl/N-ethyl adjacent to an activating group) is 1. The summed E-state index contributed by atoms with van der Waals surface area (Å²) < 4.78 is 12.5. The second-order valence-electron chi connectivity index (χ2n) is 10.9. The minimum absolute atomic E-state index is 0.0382. The molecular weight excluding hydrogens is 472 g/mol. The summed E-state index contributed by atoms with van der Waals surface area (Å²) in [5, 5.41) is 15.2. The Morgan fingerprint density at radius 2 is 2.22 bits per heavy atom. The van der Waals surface area contributed by atoms with Crippen LogP contribution in [0.25, 0.3) is 11.5 Å². The molecule has 0 amide bonds. The van der Waals surface area contributed by atoms with Gasteiger partial charge in [0.1, 0.15) is 17.2 Å². The maximum atomic E-state index is 10.00. The van der Waals surface area contributed by atoms with E-state index in [1.54, 1.807) is 17.5 Å². The Kier molecular flexibility index (Phi) is 4.96. The minimum atomic E-state index is -0.322. The zero-order valence-electron chi connectivity index (χ0n) is 20.7. The van der Waals surface area contributed by atoms with Gasteiger partial charge in [0, 0.05) is 34.3 Å². The van der Waals surface area contributed by atoms with Crippen LogP contribution in [0.5, 0.6) is 5.88 Å². The van der Waals surface area contributed by atoms with Crippen molar-refractivity contribution in [2.24, 2.45) is 5.92 Å². The Morgan fingerprint density at radius 3 is 3.00 bits per heavy atom. The number of ether oxygens (including phenoxy) is 1. The first-order valence-corrected chi connectivity index (χ1v) is 13.8. The summed E-state index contributed by atoms with van der Waals surface area (Å²) in [6, 6.07) is 4.63. The molecule has 0 radical (unpaired) electrons. The second kappa shape index (κ2) is 8.02. The average Bonchev–Trinajstić information content (AvgIpc) is 3.55. The molecule has 0 unspecified atom stereocenters. The Balaban J connectivity index is 1.29. The lowest BCUT2D eigenvalue weighted by atomic mass is 9.47. The lowest BCUT2D eigenvalue weighted by molar-refractivity contribution is 0.0932. The molecule has 5 aliphatic rings. The van der Waals surface area contributed by atoms with Crippen molar-refractivity contribution in [3.05, 3.63) is 39.6 Å². The maximum absolute atomic E-state index is 10.00.